The Bertz CT molecular complexity index is 1250. The molecule has 2 N–H and O–H groups in total. The Balaban J connectivity index is 1.79. The van der Waals surface area contributed by atoms with Crippen molar-refractivity contribution in [3.05, 3.63) is 76.6 Å². The topological polar surface area (TPSA) is 119 Å². The van der Waals surface area contributed by atoms with Gasteiger partial charge in [-0.25, -0.2) is 17.9 Å². The Hall–Kier alpha value is -3.66. The fraction of sp³-hybridized carbons (Fsp3) is 0.227. The summed E-state index contributed by atoms with van der Waals surface area (Å²) in [6, 6.07) is 16.8. The van der Waals surface area contributed by atoms with E-state index in [-0.39, 0.29) is 24.5 Å². The van der Waals surface area contributed by atoms with Crippen LogP contribution in [0.1, 0.15) is 19.4 Å². The first kappa shape index (κ1) is 23.0. The van der Waals surface area contributed by atoms with Gasteiger partial charge in [0.25, 0.3) is 5.56 Å². The largest absolute Gasteiger partial charge is 0.450 e. The van der Waals surface area contributed by atoms with Gasteiger partial charge in [-0.15, -0.1) is 0 Å². The van der Waals surface area contributed by atoms with Crippen molar-refractivity contribution in [3.8, 4) is 11.3 Å². The normalized spacial score (nSPS) is 11.1. The summed E-state index contributed by atoms with van der Waals surface area (Å²) in [5.41, 5.74) is 2.80. The van der Waals surface area contributed by atoms with Crippen LogP contribution in [0.5, 0.6) is 0 Å². The molecule has 0 unspecified atom stereocenters. The molecule has 1 amide bonds. The summed E-state index contributed by atoms with van der Waals surface area (Å²) < 4.78 is 32.1. The molecule has 1 aromatic heterocycles. The molecular formula is C22H24N4O5S. The van der Waals surface area contributed by atoms with Gasteiger partial charge >= 0.3 is 6.09 Å². The van der Waals surface area contributed by atoms with Gasteiger partial charge < -0.3 is 4.74 Å². The summed E-state index contributed by atoms with van der Waals surface area (Å²) >= 11 is 0. The number of ether oxygens (including phenoxy) is 1. The van der Waals surface area contributed by atoms with Crippen LogP contribution in [0.2, 0.25) is 0 Å². The minimum Gasteiger partial charge on any atom is -0.450 e. The van der Waals surface area contributed by atoms with Crippen LogP contribution < -0.4 is 15.6 Å². The van der Waals surface area contributed by atoms with Crippen molar-refractivity contribution in [2.45, 2.75) is 20.4 Å². The van der Waals surface area contributed by atoms with Gasteiger partial charge in [-0.1, -0.05) is 24.3 Å². The maximum atomic E-state index is 12.3. The lowest BCUT2D eigenvalue weighted by Crippen LogP contribution is -2.23. The summed E-state index contributed by atoms with van der Waals surface area (Å²) in [5, 5.41) is 7.06. The zero-order chi connectivity index (χ0) is 23.1. The van der Waals surface area contributed by atoms with Gasteiger partial charge in [0.1, 0.15) is 0 Å². The zero-order valence-corrected chi connectivity index (χ0v) is 18.6. The molecule has 1 heterocycles. The number of amides is 1. The van der Waals surface area contributed by atoms with Crippen molar-refractivity contribution in [1.82, 2.24) is 9.78 Å². The number of aromatic nitrogens is 2. The van der Waals surface area contributed by atoms with E-state index in [0.29, 0.717) is 17.1 Å². The minimum atomic E-state index is -3.36. The van der Waals surface area contributed by atoms with E-state index in [1.807, 2.05) is 6.07 Å². The Kier molecular flexibility index (Phi) is 7.26. The van der Waals surface area contributed by atoms with Gasteiger partial charge in [-0.05, 0) is 49.7 Å². The van der Waals surface area contributed by atoms with Crippen LogP contribution in [-0.4, -0.2) is 36.7 Å². The fourth-order valence-electron chi connectivity index (χ4n) is 2.88. The van der Waals surface area contributed by atoms with Gasteiger partial charge in [-0.2, -0.15) is 5.10 Å². The van der Waals surface area contributed by atoms with Crippen molar-refractivity contribution < 1.29 is 17.9 Å². The minimum absolute atomic E-state index is 0.0161. The third-order valence-corrected chi connectivity index (χ3v) is 5.79. The Labute approximate surface area is 186 Å². The monoisotopic (exact) mass is 456 g/mol. The van der Waals surface area contributed by atoms with E-state index in [4.69, 9.17) is 4.74 Å². The Morgan fingerprint density at radius 2 is 1.78 bits per heavy atom. The standard InChI is InChI=1S/C22H24N4O5S/c1-3-31-22(28)23-19-7-5-6-16(14-19)15-26-21(27)13-12-20(24-26)17-8-10-18(11-9-17)25-32(29,30)4-2/h5-14,25H,3-4,15H2,1-2H3,(H,23,28). The molecule has 0 spiro atoms. The number of anilines is 2. The molecule has 168 valence electrons. The van der Waals surface area contributed by atoms with E-state index in [9.17, 15) is 18.0 Å². The van der Waals surface area contributed by atoms with Gasteiger partial charge in [-0.3, -0.25) is 14.8 Å². The van der Waals surface area contributed by atoms with E-state index < -0.39 is 16.1 Å². The van der Waals surface area contributed by atoms with Crippen LogP contribution in [0.25, 0.3) is 11.3 Å². The number of nitrogens with zero attached hydrogens (tertiary/aromatic N) is 2. The Morgan fingerprint density at radius 1 is 1.03 bits per heavy atom. The summed E-state index contributed by atoms with van der Waals surface area (Å²) in [4.78, 5) is 23.9. The molecule has 3 aromatic rings. The van der Waals surface area contributed by atoms with E-state index in [2.05, 4.69) is 15.1 Å². The molecule has 0 bridgehead atoms. The number of nitrogens with one attached hydrogen (secondary N) is 2. The molecule has 9 nitrogen and oxygen atoms in total. The molecule has 0 atom stereocenters. The molecule has 0 aliphatic heterocycles. The number of benzene rings is 2. The predicted molar refractivity (Wildman–Crippen MR) is 123 cm³/mol. The molecule has 0 radical (unpaired) electrons. The lowest BCUT2D eigenvalue weighted by molar-refractivity contribution is 0.168. The SMILES string of the molecule is CCOC(=O)Nc1cccc(Cn2nc(-c3ccc(NS(=O)(=O)CC)cc3)ccc2=O)c1. The highest BCUT2D eigenvalue weighted by Crippen LogP contribution is 2.20. The van der Waals surface area contributed by atoms with Crippen LogP contribution in [0.15, 0.2) is 65.5 Å². The highest BCUT2D eigenvalue weighted by atomic mass is 32.2. The average Bonchev–Trinajstić information content (AvgIpc) is 2.76. The van der Waals surface area contributed by atoms with Crippen LogP contribution >= 0.6 is 0 Å². The number of carbonyl (C=O) groups excluding carboxylic acids is 1. The zero-order valence-electron chi connectivity index (χ0n) is 17.7. The Morgan fingerprint density at radius 3 is 2.47 bits per heavy atom. The van der Waals surface area contributed by atoms with Crippen LogP contribution in [0.4, 0.5) is 16.2 Å². The van der Waals surface area contributed by atoms with Crippen molar-refractivity contribution in [3.63, 3.8) is 0 Å². The molecule has 0 aliphatic rings. The first-order valence-corrected chi connectivity index (χ1v) is 11.7. The molecule has 32 heavy (non-hydrogen) atoms. The van der Waals surface area contributed by atoms with Gasteiger partial charge in [0.15, 0.2) is 0 Å². The third-order valence-electron chi connectivity index (χ3n) is 4.48. The van der Waals surface area contributed by atoms with Gasteiger partial charge in [0.05, 0.1) is 24.6 Å². The number of carbonyl (C=O) groups is 1. The molecule has 0 fully saturated rings. The first-order chi connectivity index (χ1) is 15.3. The van der Waals surface area contributed by atoms with Crippen LogP contribution in [0, 0.1) is 0 Å². The molecule has 10 heteroatoms. The van der Waals surface area contributed by atoms with Crippen LogP contribution in [-0.2, 0) is 21.3 Å². The second-order valence-corrected chi connectivity index (χ2v) is 8.85. The lowest BCUT2D eigenvalue weighted by Gasteiger charge is -2.10. The maximum absolute atomic E-state index is 12.3. The second-order valence-electron chi connectivity index (χ2n) is 6.84. The fourth-order valence-corrected chi connectivity index (χ4v) is 3.52. The molecule has 3 rings (SSSR count). The highest BCUT2D eigenvalue weighted by molar-refractivity contribution is 7.92. The van der Waals surface area contributed by atoms with E-state index in [1.54, 1.807) is 62.4 Å². The molecule has 0 saturated carbocycles. The van der Waals surface area contributed by atoms with E-state index >= 15 is 0 Å². The highest BCUT2D eigenvalue weighted by Gasteiger charge is 2.09. The first-order valence-electron chi connectivity index (χ1n) is 10.0. The summed E-state index contributed by atoms with van der Waals surface area (Å²) in [7, 11) is -3.36. The van der Waals surface area contributed by atoms with Gasteiger partial charge in [0.2, 0.25) is 10.0 Å². The number of hydrogen-bond donors (Lipinski definition) is 2. The van der Waals surface area contributed by atoms with Crippen molar-refractivity contribution in [2.75, 3.05) is 22.4 Å². The lowest BCUT2D eigenvalue weighted by atomic mass is 10.1. The quantitative estimate of drug-likeness (QED) is 0.537. The summed E-state index contributed by atoms with van der Waals surface area (Å²) in [5.74, 6) is -0.0161. The molecular weight excluding hydrogens is 432 g/mol. The number of sulfonamides is 1. The van der Waals surface area contributed by atoms with Crippen molar-refractivity contribution in [2.24, 2.45) is 0 Å². The van der Waals surface area contributed by atoms with E-state index in [1.165, 1.54) is 10.7 Å². The maximum Gasteiger partial charge on any atom is 0.411 e. The summed E-state index contributed by atoms with van der Waals surface area (Å²) in [6.45, 7) is 3.76. The van der Waals surface area contributed by atoms with Gasteiger partial charge in [0, 0.05) is 23.0 Å². The predicted octanol–water partition coefficient (Wildman–Crippen LogP) is 3.29. The second kappa shape index (κ2) is 10.1. The summed E-state index contributed by atoms with van der Waals surface area (Å²) in [6.07, 6.45) is -0.549. The number of rotatable bonds is 8. The number of hydrogen-bond acceptors (Lipinski definition) is 6. The van der Waals surface area contributed by atoms with Crippen molar-refractivity contribution >= 4 is 27.5 Å². The smallest absolute Gasteiger partial charge is 0.411 e. The average molecular weight is 457 g/mol. The molecule has 0 saturated heterocycles. The van der Waals surface area contributed by atoms with E-state index in [0.717, 1.165) is 11.1 Å². The van der Waals surface area contributed by atoms with Crippen LogP contribution in [0.3, 0.4) is 0 Å². The molecule has 2 aromatic carbocycles. The molecule has 0 aliphatic carbocycles. The third kappa shape index (κ3) is 6.17. The van der Waals surface area contributed by atoms with Crippen molar-refractivity contribution in [1.29, 1.82) is 0 Å².